The Morgan fingerprint density at radius 1 is 1.42 bits per heavy atom. The van der Waals surface area contributed by atoms with Gasteiger partial charge in [-0.25, -0.2) is 4.90 Å². The number of hydrogen-bond acceptors (Lipinski definition) is 2. The van der Waals surface area contributed by atoms with Crippen LogP contribution in [0.3, 0.4) is 0 Å². The first-order valence-corrected chi connectivity index (χ1v) is 4.37. The number of ether oxygens (including phenoxy) is 1. The molecular weight excluding hydrogens is 164 g/mol. The summed E-state index contributed by atoms with van der Waals surface area (Å²) in [6.45, 7) is 6.41. The van der Waals surface area contributed by atoms with Crippen LogP contribution in [0.2, 0.25) is 0 Å². The van der Waals surface area contributed by atoms with Gasteiger partial charge in [0.05, 0.1) is 6.61 Å². The third-order valence-electron chi connectivity index (χ3n) is 1.63. The van der Waals surface area contributed by atoms with Crippen LogP contribution < -0.4 is 0 Å². The Balaban J connectivity index is 0.000000561. The van der Waals surface area contributed by atoms with Gasteiger partial charge in [0.2, 0.25) is 0 Å². The molecule has 1 aliphatic rings. The molecule has 0 spiro atoms. The zero-order chi connectivity index (χ0) is 9.61. The van der Waals surface area contributed by atoms with Crippen molar-refractivity contribution in [3.8, 4) is 0 Å². The lowest BCUT2D eigenvalue weighted by Gasteiger charge is -2.33. The van der Waals surface area contributed by atoms with Gasteiger partial charge in [0.15, 0.2) is 0 Å². The maximum Gasteiger partial charge on any atom is 0.328 e. The predicted molar refractivity (Wildman–Crippen MR) is 44.4 cm³/mol. The second kappa shape index (κ2) is 5.43. The quantitative estimate of drug-likeness (QED) is 0.573. The van der Waals surface area contributed by atoms with Crippen LogP contribution in [-0.2, 0) is 4.74 Å². The molecule has 0 amide bonds. The van der Waals surface area contributed by atoms with Gasteiger partial charge in [-0.05, 0) is 0 Å². The van der Waals surface area contributed by atoms with E-state index in [0.717, 1.165) is 4.90 Å². The SMILES string of the molecule is CC.CCN1CCOCC1(F)F. The van der Waals surface area contributed by atoms with Crippen LogP contribution >= 0.6 is 0 Å². The average molecular weight is 181 g/mol. The molecule has 0 aromatic rings. The number of morpholine rings is 1. The molecule has 0 bridgehead atoms. The topological polar surface area (TPSA) is 12.5 Å². The molecule has 0 saturated carbocycles. The van der Waals surface area contributed by atoms with Crippen LogP contribution in [0.5, 0.6) is 0 Å². The van der Waals surface area contributed by atoms with E-state index in [4.69, 9.17) is 0 Å². The molecule has 0 unspecified atom stereocenters. The first-order valence-electron chi connectivity index (χ1n) is 4.37. The zero-order valence-corrected chi connectivity index (χ0v) is 7.94. The van der Waals surface area contributed by atoms with E-state index < -0.39 is 12.7 Å². The van der Waals surface area contributed by atoms with Gasteiger partial charge in [-0.3, -0.25) is 0 Å². The molecule has 4 heteroatoms. The summed E-state index contributed by atoms with van der Waals surface area (Å²) in [6, 6.07) is -2.74. The van der Waals surface area contributed by atoms with Crippen molar-refractivity contribution in [3.05, 3.63) is 0 Å². The molecule has 1 aliphatic heterocycles. The van der Waals surface area contributed by atoms with Gasteiger partial charge in [0.1, 0.15) is 6.61 Å². The molecule has 1 rings (SSSR count). The van der Waals surface area contributed by atoms with E-state index in [0.29, 0.717) is 19.7 Å². The smallest absolute Gasteiger partial charge is 0.328 e. The Morgan fingerprint density at radius 2 is 2.00 bits per heavy atom. The lowest BCUT2D eigenvalue weighted by atomic mass is 10.4. The molecule has 74 valence electrons. The summed E-state index contributed by atoms with van der Waals surface area (Å²) in [5, 5.41) is 0. The summed E-state index contributed by atoms with van der Waals surface area (Å²) >= 11 is 0. The Kier molecular flexibility index (Phi) is 5.33. The minimum Gasteiger partial charge on any atom is -0.372 e. The Bertz CT molecular complexity index is 120. The van der Waals surface area contributed by atoms with Crippen LogP contribution in [0, 0.1) is 0 Å². The fourth-order valence-electron chi connectivity index (χ4n) is 1.01. The van der Waals surface area contributed by atoms with Gasteiger partial charge < -0.3 is 4.74 Å². The monoisotopic (exact) mass is 181 g/mol. The number of likely N-dealkylation sites (N-methyl/N-ethyl adjacent to an activating group) is 1. The van der Waals surface area contributed by atoms with Crippen molar-refractivity contribution in [2.24, 2.45) is 0 Å². The predicted octanol–water partition coefficient (Wildman–Crippen LogP) is 1.96. The molecule has 12 heavy (non-hydrogen) atoms. The van der Waals surface area contributed by atoms with Gasteiger partial charge in [-0.2, -0.15) is 8.78 Å². The summed E-state index contributed by atoms with van der Waals surface area (Å²) in [5.41, 5.74) is 0. The first kappa shape index (κ1) is 11.8. The summed E-state index contributed by atoms with van der Waals surface area (Å²) in [6.07, 6.45) is 0. The van der Waals surface area contributed by atoms with Crippen molar-refractivity contribution >= 4 is 0 Å². The van der Waals surface area contributed by atoms with E-state index >= 15 is 0 Å². The highest BCUT2D eigenvalue weighted by Gasteiger charge is 2.38. The molecule has 0 aliphatic carbocycles. The van der Waals surface area contributed by atoms with Crippen molar-refractivity contribution < 1.29 is 13.5 Å². The molecule has 0 aromatic heterocycles. The largest absolute Gasteiger partial charge is 0.372 e. The van der Waals surface area contributed by atoms with Crippen LogP contribution in [0.25, 0.3) is 0 Å². The van der Waals surface area contributed by atoms with E-state index in [1.807, 2.05) is 13.8 Å². The van der Waals surface area contributed by atoms with Crippen LogP contribution in [0.15, 0.2) is 0 Å². The Morgan fingerprint density at radius 3 is 2.33 bits per heavy atom. The number of alkyl halides is 2. The average Bonchev–Trinajstić information content (AvgIpc) is 2.07. The molecule has 0 radical (unpaired) electrons. The van der Waals surface area contributed by atoms with Crippen molar-refractivity contribution in [1.29, 1.82) is 0 Å². The van der Waals surface area contributed by atoms with E-state index in [9.17, 15) is 8.78 Å². The minimum atomic E-state index is -2.74. The molecule has 0 N–H and O–H groups in total. The number of halogens is 2. The Labute approximate surface area is 72.5 Å². The second-order valence-electron chi connectivity index (χ2n) is 2.30. The molecule has 0 atom stereocenters. The van der Waals surface area contributed by atoms with Crippen molar-refractivity contribution in [3.63, 3.8) is 0 Å². The van der Waals surface area contributed by atoms with Gasteiger partial charge in [0, 0.05) is 13.1 Å². The van der Waals surface area contributed by atoms with Gasteiger partial charge in [0.25, 0.3) is 0 Å². The van der Waals surface area contributed by atoms with Crippen LogP contribution in [-0.4, -0.2) is 37.2 Å². The fraction of sp³-hybridized carbons (Fsp3) is 1.00. The molecule has 1 saturated heterocycles. The molecular formula is C8H17F2NO. The number of nitrogens with zero attached hydrogens (tertiary/aromatic N) is 1. The summed E-state index contributed by atoms with van der Waals surface area (Å²) in [5.74, 6) is 0. The van der Waals surface area contributed by atoms with Gasteiger partial charge in [-0.15, -0.1) is 0 Å². The molecule has 2 nitrogen and oxygen atoms in total. The molecule has 1 fully saturated rings. The highest BCUT2D eigenvalue weighted by molar-refractivity contribution is 4.71. The van der Waals surface area contributed by atoms with Crippen LogP contribution in [0.1, 0.15) is 20.8 Å². The minimum absolute atomic E-state index is 0.337. The van der Waals surface area contributed by atoms with Crippen molar-refractivity contribution in [1.82, 2.24) is 4.90 Å². The molecule has 1 heterocycles. The van der Waals surface area contributed by atoms with E-state index in [-0.39, 0.29) is 0 Å². The third kappa shape index (κ3) is 3.03. The van der Waals surface area contributed by atoms with E-state index in [1.54, 1.807) is 6.92 Å². The highest BCUT2D eigenvalue weighted by Crippen LogP contribution is 2.22. The van der Waals surface area contributed by atoms with Crippen LogP contribution in [0.4, 0.5) is 8.78 Å². The molecule has 0 aromatic carbocycles. The normalized spacial score (nSPS) is 22.8. The lowest BCUT2D eigenvalue weighted by Crippen LogP contribution is -2.50. The van der Waals surface area contributed by atoms with Gasteiger partial charge >= 0.3 is 6.05 Å². The Hall–Kier alpha value is -0.220. The maximum absolute atomic E-state index is 12.7. The number of rotatable bonds is 1. The standard InChI is InChI=1S/C6H11F2NO.C2H6/c1-2-9-3-4-10-5-6(9,7)8;1-2/h2-5H2,1H3;1-2H3. The van der Waals surface area contributed by atoms with E-state index in [2.05, 4.69) is 4.74 Å². The maximum atomic E-state index is 12.7. The highest BCUT2D eigenvalue weighted by atomic mass is 19.3. The summed E-state index contributed by atoms with van der Waals surface area (Å²) in [4.78, 5) is 1.12. The second-order valence-corrected chi connectivity index (χ2v) is 2.30. The third-order valence-corrected chi connectivity index (χ3v) is 1.63. The van der Waals surface area contributed by atoms with Crippen molar-refractivity contribution in [2.75, 3.05) is 26.3 Å². The zero-order valence-electron chi connectivity index (χ0n) is 7.94. The first-order chi connectivity index (χ1) is 5.67. The summed E-state index contributed by atoms with van der Waals surface area (Å²) in [7, 11) is 0. The summed E-state index contributed by atoms with van der Waals surface area (Å²) < 4.78 is 30.0. The fourth-order valence-corrected chi connectivity index (χ4v) is 1.01. The van der Waals surface area contributed by atoms with Gasteiger partial charge in [-0.1, -0.05) is 20.8 Å². The van der Waals surface area contributed by atoms with E-state index in [1.165, 1.54) is 0 Å². The number of hydrogen-bond donors (Lipinski definition) is 0. The lowest BCUT2D eigenvalue weighted by molar-refractivity contribution is -0.216. The van der Waals surface area contributed by atoms with Crippen molar-refractivity contribution in [2.45, 2.75) is 26.8 Å².